The van der Waals surface area contributed by atoms with Gasteiger partial charge in [-0.05, 0) is 28.8 Å². The van der Waals surface area contributed by atoms with E-state index < -0.39 is 0 Å². The van der Waals surface area contributed by atoms with Gasteiger partial charge in [0.05, 0.1) is 24.0 Å². The molecular formula is C17H12ClN5O. The molecule has 1 heterocycles. The lowest BCUT2D eigenvalue weighted by Gasteiger charge is -2.10. The van der Waals surface area contributed by atoms with Crippen molar-refractivity contribution in [2.75, 3.05) is 0 Å². The Hall–Kier alpha value is -3.08. The highest BCUT2D eigenvalue weighted by Gasteiger charge is 2.13. The lowest BCUT2D eigenvalue weighted by molar-refractivity contribution is 0.641. The molecule has 3 aromatic rings. The maximum Gasteiger partial charge on any atom is 0.275 e. The molecule has 0 saturated carbocycles. The van der Waals surface area contributed by atoms with E-state index >= 15 is 0 Å². The normalized spacial score (nSPS) is 10.2. The van der Waals surface area contributed by atoms with Crippen LogP contribution in [0.5, 0.6) is 0 Å². The maximum absolute atomic E-state index is 12.8. The molecule has 0 radical (unpaired) electrons. The zero-order valence-electron chi connectivity index (χ0n) is 12.5. The first-order valence-corrected chi connectivity index (χ1v) is 7.52. The summed E-state index contributed by atoms with van der Waals surface area (Å²) in [6.07, 6.45) is 1.40. The third-order valence-corrected chi connectivity index (χ3v) is 3.74. The average Bonchev–Trinajstić information content (AvgIpc) is 2.60. The fourth-order valence-electron chi connectivity index (χ4n) is 2.36. The molecule has 1 aromatic heterocycles. The third kappa shape index (κ3) is 3.30. The molecule has 0 bridgehead atoms. The predicted octanol–water partition coefficient (Wildman–Crippen LogP) is 4.55. The highest BCUT2D eigenvalue weighted by molar-refractivity contribution is 6.30. The van der Waals surface area contributed by atoms with Crippen LogP contribution in [-0.4, -0.2) is 9.78 Å². The Labute approximate surface area is 142 Å². The largest absolute Gasteiger partial charge is 0.275 e. The molecule has 6 nitrogen and oxygen atoms in total. The molecule has 0 saturated heterocycles. The van der Waals surface area contributed by atoms with E-state index in [-0.39, 0.29) is 11.2 Å². The van der Waals surface area contributed by atoms with E-state index in [9.17, 15) is 4.79 Å². The topological polar surface area (TPSA) is 83.7 Å². The van der Waals surface area contributed by atoms with Gasteiger partial charge in [-0.2, -0.15) is 5.10 Å². The fourth-order valence-corrected chi connectivity index (χ4v) is 2.49. The summed E-state index contributed by atoms with van der Waals surface area (Å²) in [6.45, 7) is 0.330. The standard InChI is InChI=1S/C17H12ClN5O/c18-14-8-6-13(7-9-14)16-15(21-22-19)10-20-23(17(16)24)11-12-4-2-1-3-5-12/h1-10H,11H2. The van der Waals surface area contributed by atoms with Crippen molar-refractivity contribution in [2.45, 2.75) is 6.54 Å². The molecule has 2 aromatic carbocycles. The van der Waals surface area contributed by atoms with Crippen molar-refractivity contribution >= 4 is 17.3 Å². The third-order valence-electron chi connectivity index (χ3n) is 3.48. The smallest absolute Gasteiger partial charge is 0.267 e. The number of nitrogens with zero attached hydrogens (tertiary/aromatic N) is 5. The number of hydrogen-bond donors (Lipinski definition) is 0. The predicted molar refractivity (Wildman–Crippen MR) is 93.3 cm³/mol. The second-order valence-electron chi connectivity index (χ2n) is 5.05. The molecule has 7 heteroatoms. The summed E-state index contributed by atoms with van der Waals surface area (Å²) in [7, 11) is 0. The van der Waals surface area contributed by atoms with Crippen molar-refractivity contribution in [3.05, 3.63) is 92.2 Å². The number of aromatic nitrogens is 2. The van der Waals surface area contributed by atoms with Gasteiger partial charge in [-0.15, -0.1) is 0 Å². The SMILES string of the molecule is [N-]=[N+]=Nc1cnn(Cc2ccccc2)c(=O)c1-c1ccc(Cl)cc1. The molecule has 0 atom stereocenters. The summed E-state index contributed by atoms with van der Waals surface area (Å²) >= 11 is 5.90. The van der Waals surface area contributed by atoms with Crippen molar-refractivity contribution in [3.63, 3.8) is 0 Å². The van der Waals surface area contributed by atoms with Gasteiger partial charge < -0.3 is 0 Å². The fraction of sp³-hybridized carbons (Fsp3) is 0.0588. The lowest BCUT2D eigenvalue weighted by Crippen LogP contribution is -2.24. The number of halogens is 1. The Morgan fingerprint density at radius 1 is 1.12 bits per heavy atom. The van der Waals surface area contributed by atoms with Gasteiger partial charge in [0.25, 0.3) is 5.56 Å². The van der Waals surface area contributed by atoms with Crippen LogP contribution >= 0.6 is 11.6 Å². The van der Waals surface area contributed by atoms with Crippen LogP contribution in [0.4, 0.5) is 5.69 Å². The molecule has 0 aliphatic rings. The van der Waals surface area contributed by atoms with Gasteiger partial charge in [-0.1, -0.05) is 59.2 Å². The Kier molecular flexibility index (Phi) is 4.61. The molecule has 3 rings (SSSR count). The molecule has 118 valence electrons. The van der Waals surface area contributed by atoms with E-state index in [1.807, 2.05) is 30.3 Å². The van der Waals surface area contributed by atoms with Crippen molar-refractivity contribution < 1.29 is 0 Å². The van der Waals surface area contributed by atoms with Crippen LogP contribution in [0, 0.1) is 0 Å². The van der Waals surface area contributed by atoms with Crippen molar-refractivity contribution in [2.24, 2.45) is 5.11 Å². The molecule has 24 heavy (non-hydrogen) atoms. The summed E-state index contributed by atoms with van der Waals surface area (Å²) in [4.78, 5) is 15.6. The maximum atomic E-state index is 12.8. The Balaban J connectivity index is 2.14. The molecule has 0 aliphatic carbocycles. The van der Waals surface area contributed by atoms with Gasteiger partial charge in [0.15, 0.2) is 0 Å². The molecule has 0 aliphatic heterocycles. The zero-order valence-corrected chi connectivity index (χ0v) is 13.3. The lowest BCUT2D eigenvalue weighted by atomic mass is 10.1. The highest BCUT2D eigenvalue weighted by atomic mass is 35.5. The van der Waals surface area contributed by atoms with Crippen molar-refractivity contribution in [1.82, 2.24) is 9.78 Å². The van der Waals surface area contributed by atoms with Crippen LogP contribution in [-0.2, 0) is 6.54 Å². The summed E-state index contributed by atoms with van der Waals surface area (Å²) in [5.74, 6) is 0. The minimum absolute atomic E-state index is 0.189. The number of benzene rings is 2. The van der Waals surface area contributed by atoms with E-state index in [4.69, 9.17) is 17.1 Å². The number of azide groups is 1. The van der Waals surface area contributed by atoms with Gasteiger partial charge >= 0.3 is 0 Å². The summed E-state index contributed by atoms with van der Waals surface area (Å²) in [5, 5.41) is 8.25. The van der Waals surface area contributed by atoms with E-state index in [1.165, 1.54) is 10.9 Å². The average molecular weight is 338 g/mol. The van der Waals surface area contributed by atoms with Crippen LogP contribution < -0.4 is 5.56 Å². The van der Waals surface area contributed by atoms with E-state index in [2.05, 4.69) is 15.1 Å². The Bertz CT molecular complexity index is 961. The quantitative estimate of drug-likeness (QED) is 0.397. The van der Waals surface area contributed by atoms with Gasteiger partial charge in [0, 0.05) is 9.93 Å². The van der Waals surface area contributed by atoms with E-state index in [0.717, 1.165) is 5.56 Å². The Morgan fingerprint density at radius 2 is 1.83 bits per heavy atom. The first-order valence-electron chi connectivity index (χ1n) is 7.14. The zero-order chi connectivity index (χ0) is 16.9. The summed E-state index contributed by atoms with van der Waals surface area (Å²) in [6, 6.07) is 16.3. The van der Waals surface area contributed by atoms with E-state index in [0.29, 0.717) is 22.7 Å². The van der Waals surface area contributed by atoms with Crippen molar-refractivity contribution in [3.8, 4) is 11.1 Å². The van der Waals surface area contributed by atoms with Gasteiger partial charge in [-0.25, -0.2) is 4.68 Å². The first kappa shape index (κ1) is 15.8. The molecular weight excluding hydrogens is 326 g/mol. The molecule has 0 N–H and O–H groups in total. The molecule has 0 amide bonds. The summed E-state index contributed by atoms with van der Waals surface area (Å²) < 4.78 is 1.34. The second-order valence-corrected chi connectivity index (χ2v) is 5.49. The van der Waals surface area contributed by atoms with Crippen molar-refractivity contribution in [1.29, 1.82) is 0 Å². The van der Waals surface area contributed by atoms with E-state index in [1.54, 1.807) is 24.3 Å². The number of hydrogen-bond acceptors (Lipinski definition) is 3. The highest BCUT2D eigenvalue weighted by Crippen LogP contribution is 2.27. The Morgan fingerprint density at radius 3 is 2.50 bits per heavy atom. The van der Waals surface area contributed by atoms with Gasteiger partial charge in [0.1, 0.15) is 0 Å². The first-order chi connectivity index (χ1) is 11.7. The monoisotopic (exact) mass is 337 g/mol. The van der Waals surface area contributed by atoms with Crippen LogP contribution in [0.15, 0.2) is 70.7 Å². The molecule has 0 fully saturated rings. The van der Waals surface area contributed by atoms with Crippen LogP contribution in [0.25, 0.3) is 21.6 Å². The van der Waals surface area contributed by atoms with Gasteiger partial charge in [-0.3, -0.25) is 4.79 Å². The minimum Gasteiger partial charge on any atom is -0.267 e. The summed E-state index contributed by atoms with van der Waals surface area (Å²) in [5.41, 5.74) is 10.5. The molecule has 0 unspecified atom stereocenters. The molecule has 0 spiro atoms. The second kappa shape index (κ2) is 7.00. The van der Waals surface area contributed by atoms with Crippen LogP contribution in [0.2, 0.25) is 5.02 Å². The van der Waals surface area contributed by atoms with Crippen LogP contribution in [0.1, 0.15) is 5.56 Å². The van der Waals surface area contributed by atoms with Gasteiger partial charge in [0.2, 0.25) is 0 Å². The van der Waals surface area contributed by atoms with Crippen LogP contribution in [0.3, 0.4) is 0 Å². The minimum atomic E-state index is -0.328. The number of rotatable bonds is 4.